The second-order valence-corrected chi connectivity index (χ2v) is 8.12. The molecular formula is C22H31N5O3. The summed E-state index contributed by atoms with van der Waals surface area (Å²) < 4.78 is 13.4. The Balaban J connectivity index is 1.39. The van der Waals surface area contributed by atoms with Crippen LogP contribution in [0.25, 0.3) is 0 Å². The SMILES string of the molecule is COCCn1c(C)cc(C(=O)N2CCC(Oc3cc(N4CCCC4)ncn3)C2)c1C. The third kappa shape index (κ3) is 4.28. The van der Waals surface area contributed by atoms with E-state index in [9.17, 15) is 4.79 Å². The van der Waals surface area contributed by atoms with Gasteiger partial charge >= 0.3 is 0 Å². The first-order valence-corrected chi connectivity index (χ1v) is 10.8. The van der Waals surface area contributed by atoms with Gasteiger partial charge in [0.2, 0.25) is 5.88 Å². The van der Waals surface area contributed by atoms with E-state index in [1.54, 1.807) is 13.4 Å². The second kappa shape index (κ2) is 9.04. The van der Waals surface area contributed by atoms with Gasteiger partial charge in [0.25, 0.3) is 5.91 Å². The molecule has 4 rings (SSSR count). The molecule has 0 spiro atoms. The predicted octanol–water partition coefficient (Wildman–Crippen LogP) is 2.44. The summed E-state index contributed by atoms with van der Waals surface area (Å²) in [7, 11) is 1.69. The summed E-state index contributed by atoms with van der Waals surface area (Å²) >= 11 is 0. The molecule has 4 heterocycles. The van der Waals surface area contributed by atoms with Crippen molar-refractivity contribution in [2.45, 2.75) is 45.8 Å². The van der Waals surface area contributed by atoms with Crippen molar-refractivity contribution in [2.75, 3.05) is 44.8 Å². The van der Waals surface area contributed by atoms with Crippen LogP contribution in [0, 0.1) is 13.8 Å². The molecule has 0 radical (unpaired) electrons. The number of amides is 1. The minimum absolute atomic E-state index is 0.0488. The van der Waals surface area contributed by atoms with E-state index in [0.717, 1.165) is 48.8 Å². The van der Waals surface area contributed by atoms with Gasteiger partial charge in [-0.25, -0.2) is 9.97 Å². The van der Waals surface area contributed by atoms with E-state index in [1.165, 1.54) is 12.8 Å². The van der Waals surface area contributed by atoms with Crippen molar-refractivity contribution in [3.8, 4) is 5.88 Å². The van der Waals surface area contributed by atoms with Crippen LogP contribution < -0.4 is 9.64 Å². The summed E-state index contributed by atoms with van der Waals surface area (Å²) in [5.74, 6) is 1.58. The highest BCUT2D eigenvalue weighted by Gasteiger charge is 2.30. The van der Waals surface area contributed by atoms with Gasteiger partial charge in [-0.05, 0) is 32.8 Å². The number of ether oxygens (including phenoxy) is 2. The maximum Gasteiger partial charge on any atom is 0.255 e. The molecule has 2 saturated heterocycles. The molecule has 0 aromatic carbocycles. The van der Waals surface area contributed by atoms with Crippen LogP contribution in [0.5, 0.6) is 5.88 Å². The Morgan fingerprint density at radius 2 is 1.97 bits per heavy atom. The number of hydrogen-bond acceptors (Lipinski definition) is 6. The fourth-order valence-electron chi connectivity index (χ4n) is 4.41. The molecule has 2 aromatic rings. The van der Waals surface area contributed by atoms with Crippen LogP contribution >= 0.6 is 0 Å². The zero-order chi connectivity index (χ0) is 21.1. The largest absolute Gasteiger partial charge is 0.472 e. The molecule has 1 amide bonds. The maximum absolute atomic E-state index is 13.1. The number of carbonyl (C=O) groups excluding carboxylic acids is 1. The highest BCUT2D eigenvalue weighted by atomic mass is 16.5. The number of rotatable bonds is 7. The van der Waals surface area contributed by atoms with Crippen LogP contribution in [-0.4, -0.2) is 71.3 Å². The van der Waals surface area contributed by atoms with Crippen molar-refractivity contribution in [3.63, 3.8) is 0 Å². The molecule has 0 aliphatic carbocycles. The van der Waals surface area contributed by atoms with E-state index < -0.39 is 0 Å². The lowest BCUT2D eigenvalue weighted by atomic mass is 10.2. The number of nitrogens with zero attached hydrogens (tertiary/aromatic N) is 5. The van der Waals surface area contributed by atoms with Gasteiger partial charge < -0.3 is 23.8 Å². The topological polar surface area (TPSA) is 72.7 Å². The molecule has 0 bridgehead atoms. The molecule has 1 unspecified atom stereocenters. The van der Waals surface area contributed by atoms with Crippen LogP contribution in [0.4, 0.5) is 5.82 Å². The summed E-state index contributed by atoms with van der Waals surface area (Å²) in [6.07, 6.45) is 4.72. The molecular weight excluding hydrogens is 382 g/mol. The van der Waals surface area contributed by atoms with Crippen LogP contribution in [0.3, 0.4) is 0 Å². The zero-order valence-corrected chi connectivity index (χ0v) is 18.1. The minimum atomic E-state index is -0.0488. The average Bonchev–Trinajstić information content (AvgIpc) is 3.48. The summed E-state index contributed by atoms with van der Waals surface area (Å²) in [6, 6.07) is 3.90. The van der Waals surface area contributed by atoms with Gasteiger partial charge in [0.1, 0.15) is 18.2 Å². The molecule has 2 aliphatic heterocycles. The monoisotopic (exact) mass is 413 g/mol. The Bertz CT molecular complexity index is 891. The standard InChI is InChI=1S/C22H31N5O3/c1-16-12-19(17(2)27(16)10-11-29-3)22(28)26-9-6-18(14-26)30-21-13-20(23-15-24-21)25-7-4-5-8-25/h12-13,15,18H,4-11,14H2,1-3H3. The van der Waals surface area contributed by atoms with Crippen LogP contribution in [0.2, 0.25) is 0 Å². The Kier molecular flexibility index (Phi) is 6.22. The normalized spacial score (nSPS) is 19.0. The lowest BCUT2D eigenvalue weighted by molar-refractivity contribution is 0.0770. The molecule has 0 saturated carbocycles. The predicted molar refractivity (Wildman–Crippen MR) is 114 cm³/mol. The number of aromatic nitrogens is 3. The van der Waals surface area contributed by atoms with E-state index >= 15 is 0 Å². The highest BCUT2D eigenvalue weighted by Crippen LogP contribution is 2.24. The number of carbonyl (C=O) groups is 1. The average molecular weight is 414 g/mol. The van der Waals surface area contributed by atoms with Gasteiger partial charge in [0.05, 0.1) is 18.7 Å². The molecule has 2 aliphatic rings. The van der Waals surface area contributed by atoms with Crippen LogP contribution in [-0.2, 0) is 11.3 Å². The molecule has 2 aromatic heterocycles. The number of likely N-dealkylation sites (tertiary alicyclic amines) is 1. The van der Waals surface area contributed by atoms with E-state index in [2.05, 4.69) is 19.4 Å². The second-order valence-electron chi connectivity index (χ2n) is 8.12. The highest BCUT2D eigenvalue weighted by molar-refractivity contribution is 5.96. The third-order valence-electron chi connectivity index (χ3n) is 6.10. The van der Waals surface area contributed by atoms with Crippen molar-refractivity contribution >= 4 is 11.7 Å². The van der Waals surface area contributed by atoms with Crippen molar-refractivity contribution in [2.24, 2.45) is 0 Å². The van der Waals surface area contributed by atoms with Gasteiger partial charge in [-0.15, -0.1) is 0 Å². The maximum atomic E-state index is 13.1. The van der Waals surface area contributed by atoms with Crippen molar-refractivity contribution in [1.82, 2.24) is 19.4 Å². The van der Waals surface area contributed by atoms with Gasteiger partial charge in [-0.3, -0.25) is 4.79 Å². The molecule has 2 fully saturated rings. The quantitative estimate of drug-likeness (QED) is 0.694. The van der Waals surface area contributed by atoms with Crippen LogP contribution in [0.1, 0.15) is 41.0 Å². The lowest BCUT2D eigenvalue weighted by Gasteiger charge is -2.19. The number of aryl methyl sites for hydroxylation is 1. The first kappa shape index (κ1) is 20.7. The Morgan fingerprint density at radius 3 is 2.73 bits per heavy atom. The van der Waals surface area contributed by atoms with Gasteiger partial charge in [0.15, 0.2) is 0 Å². The molecule has 0 N–H and O–H groups in total. The molecule has 8 heteroatoms. The smallest absolute Gasteiger partial charge is 0.255 e. The van der Waals surface area contributed by atoms with Gasteiger partial charge in [-0.2, -0.15) is 0 Å². The van der Waals surface area contributed by atoms with Crippen molar-refractivity contribution < 1.29 is 14.3 Å². The zero-order valence-electron chi connectivity index (χ0n) is 18.1. The Labute approximate surface area is 177 Å². The number of hydrogen-bond donors (Lipinski definition) is 0. The van der Waals surface area contributed by atoms with Crippen molar-refractivity contribution in [1.29, 1.82) is 0 Å². The fraction of sp³-hybridized carbons (Fsp3) is 0.591. The summed E-state index contributed by atoms with van der Waals surface area (Å²) in [5.41, 5.74) is 2.84. The minimum Gasteiger partial charge on any atom is -0.472 e. The molecule has 1 atom stereocenters. The third-order valence-corrected chi connectivity index (χ3v) is 6.10. The lowest BCUT2D eigenvalue weighted by Crippen LogP contribution is -2.31. The summed E-state index contributed by atoms with van der Waals surface area (Å²) in [6.45, 7) is 8.74. The molecule has 162 valence electrons. The van der Waals surface area contributed by atoms with Gasteiger partial charge in [-0.1, -0.05) is 0 Å². The Morgan fingerprint density at radius 1 is 1.17 bits per heavy atom. The van der Waals surface area contributed by atoms with E-state index in [4.69, 9.17) is 9.47 Å². The fourth-order valence-corrected chi connectivity index (χ4v) is 4.41. The van der Waals surface area contributed by atoms with Gasteiger partial charge in [0, 0.05) is 57.2 Å². The first-order valence-electron chi connectivity index (χ1n) is 10.8. The first-order chi connectivity index (χ1) is 14.6. The number of anilines is 1. The summed E-state index contributed by atoms with van der Waals surface area (Å²) in [5, 5.41) is 0. The van der Waals surface area contributed by atoms with E-state index in [0.29, 0.717) is 25.6 Å². The van der Waals surface area contributed by atoms with E-state index in [-0.39, 0.29) is 12.0 Å². The summed E-state index contributed by atoms with van der Waals surface area (Å²) in [4.78, 5) is 25.9. The van der Waals surface area contributed by atoms with Crippen molar-refractivity contribution in [3.05, 3.63) is 35.4 Å². The number of methoxy groups -OCH3 is 1. The molecule has 30 heavy (non-hydrogen) atoms. The van der Waals surface area contributed by atoms with Crippen LogP contribution in [0.15, 0.2) is 18.5 Å². The molecule has 8 nitrogen and oxygen atoms in total. The van der Waals surface area contributed by atoms with E-state index in [1.807, 2.05) is 30.9 Å². The Hall–Kier alpha value is -2.61.